The van der Waals surface area contributed by atoms with Crippen molar-refractivity contribution in [3.63, 3.8) is 0 Å². The van der Waals surface area contributed by atoms with Crippen LogP contribution >= 0.6 is 0 Å². The van der Waals surface area contributed by atoms with Gasteiger partial charge in [-0.2, -0.15) is 0 Å². The molecule has 3 rings (SSSR count). The number of hydrogen-bond donors (Lipinski definition) is 2. The number of carbonyl (C=O) groups is 1. The summed E-state index contributed by atoms with van der Waals surface area (Å²) in [4.78, 5) is 18.9. The van der Waals surface area contributed by atoms with Crippen LogP contribution in [0.3, 0.4) is 0 Å². The summed E-state index contributed by atoms with van der Waals surface area (Å²) in [5, 5.41) is 2.96. The molecule has 7 heteroatoms. The Kier molecular flexibility index (Phi) is 5.43. The molecule has 0 saturated carbocycles. The van der Waals surface area contributed by atoms with E-state index in [9.17, 15) is 4.79 Å². The molecule has 2 fully saturated rings. The van der Waals surface area contributed by atoms with Crippen molar-refractivity contribution < 1.29 is 14.3 Å². The van der Waals surface area contributed by atoms with Crippen LogP contribution in [0.2, 0.25) is 0 Å². The molecule has 3 heterocycles. The van der Waals surface area contributed by atoms with Crippen molar-refractivity contribution in [2.24, 2.45) is 5.73 Å². The zero-order chi connectivity index (χ0) is 16.1. The van der Waals surface area contributed by atoms with E-state index in [4.69, 9.17) is 15.2 Å². The quantitative estimate of drug-likeness (QED) is 0.796. The third kappa shape index (κ3) is 3.99. The maximum Gasteiger partial charge on any atom is 0.249 e. The number of pyridine rings is 1. The SMILES string of the molecule is NC[C@H]1CC[C@@H](C(=O)NCc2cccnc2N2CCOCC2)O1. The summed E-state index contributed by atoms with van der Waals surface area (Å²) in [5.41, 5.74) is 6.59. The summed E-state index contributed by atoms with van der Waals surface area (Å²) in [6, 6.07) is 3.89. The first-order valence-corrected chi connectivity index (χ1v) is 8.17. The van der Waals surface area contributed by atoms with Gasteiger partial charge >= 0.3 is 0 Å². The monoisotopic (exact) mass is 320 g/mol. The lowest BCUT2D eigenvalue weighted by molar-refractivity contribution is -0.132. The number of nitrogens with one attached hydrogen (secondary N) is 1. The Balaban J connectivity index is 1.58. The van der Waals surface area contributed by atoms with E-state index in [1.165, 1.54) is 0 Å². The van der Waals surface area contributed by atoms with Crippen molar-refractivity contribution in [2.45, 2.75) is 31.6 Å². The maximum absolute atomic E-state index is 12.2. The summed E-state index contributed by atoms with van der Waals surface area (Å²) in [6.07, 6.45) is 2.99. The van der Waals surface area contributed by atoms with Gasteiger partial charge in [-0.15, -0.1) is 0 Å². The number of nitrogens with zero attached hydrogens (tertiary/aromatic N) is 2. The number of anilines is 1. The van der Waals surface area contributed by atoms with Gasteiger partial charge in [-0.3, -0.25) is 4.79 Å². The molecule has 1 aromatic heterocycles. The first-order chi connectivity index (χ1) is 11.3. The van der Waals surface area contributed by atoms with Gasteiger partial charge in [0.2, 0.25) is 5.91 Å². The molecule has 0 aliphatic carbocycles. The lowest BCUT2D eigenvalue weighted by Crippen LogP contribution is -2.38. The Labute approximate surface area is 136 Å². The Morgan fingerprint density at radius 2 is 2.22 bits per heavy atom. The van der Waals surface area contributed by atoms with Crippen LogP contribution in [0.15, 0.2) is 18.3 Å². The van der Waals surface area contributed by atoms with Gasteiger partial charge < -0.3 is 25.4 Å². The number of aromatic nitrogens is 1. The highest BCUT2D eigenvalue weighted by Gasteiger charge is 2.29. The molecule has 23 heavy (non-hydrogen) atoms. The maximum atomic E-state index is 12.2. The number of nitrogens with two attached hydrogens (primary N) is 1. The second-order valence-corrected chi connectivity index (χ2v) is 5.86. The second kappa shape index (κ2) is 7.72. The van der Waals surface area contributed by atoms with Gasteiger partial charge in [0.1, 0.15) is 11.9 Å². The molecule has 0 spiro atoms. The van der Waals surface area contributed by atoms with Gasteiger partial charge in [0.15, 0.2) is 0 Å². The van der Waals surface area contributed by atoms with Crippen LogP contribution < -0.4 is 16.0 Å². The summed E-state index contributed by atoms with van der Waals surface area (Å²) in [6.45, 7) is 3.97. The van der Waals surface area contributed by atoms with Crippen molar-refractivity contribution in [3.05, 3.63) is 23.9 Å². The number of hydrogen-bond acceptors (Lipinski definition) is 6. The van der Waals surface area contributed by atoms with Crippen LogP contribution in [0.4, 0.5) is 5.82 Å². The first kappa shape index (κ1) is 16.2. The van der Waals surface area contributed by atoms with Gasteiger partial charge in [-0.1, -0.05) is 6.07 Å². The van der Waals surface area contributed by atoms with E-state index >= 15 is 0 Å². The summed E-state index contributed by atoms with van der Waals surface area (Å²) < 4.78 is 11.0. The predicted octanol–water partition coefficient (Wildman–Crippen LogP) is 0.0407. The third-order valence-corrected chi connectivity index (χ3v) is 4.29. The highest BCUT2D eigenvalue weighted by Crippen LogP contribution is 2.20. The molecule has 2 aliphatic heterocycles. The number of ether oxygens (including phenoxy) is 2. The molecule has 126 valence electrons. The van der Waals surface area contributed by atoms with E-state index in [-0.39, 0.29) is 18.1 Å². The smallest absolute Gasteiger partial charge is 0.249 e. The molecule has 0 unspecified atom stereocenters. The van der Waals surface area contributed by atoms with E-state index < -0.39 is 0 Å². The lowest BCUT2D eigenvalue weighted by atomic mass is 10.2. The number of carbonyl (C=O) groups excluding carboxylic acids is 1. The molecular formula is C16H24N4O3. The van der Waals surface area contributed by atoms with E-state index in [1.807, 2.05) is 12.1 Å². The molecule has 1 aromatic rings. The zero-order valence-corrected chi connectivity index (χ0v) is 13.2. The Morgan fingerprint density at radius 1 is 1.39 bits per heavy atom. The third-order valence-electron chi connectivity index (χ3n) is 4.29. The van der Waals surface area contributed by atoms with Crippen LogP contribution in [-0.2, 0) is 20.8 Å². The molecular weight excluding hydrogens is 296 g/mol. The largest absolute Gasteiger partial charge is 0.378 e. The Morgan fingerprint density at radius 3 is 2.96 bits per heavy atom. The van der Waals surface area contributed by atoms with Crippen LogP contribution in [0.5, 0.6) is 0 Å². The van der Waals surface area contributed by atoms with Gasteiger partial charge in [-0.25, -0.2) is 4.98 Å². The molecule has 0 radical (unpaired) electrons. The van der Waals surface area contributed by atoms with Crippen molar-refractivity contribution in [3.8, 4) is 0 Å². The topological polar surface area (TPSA) is 89.7 Å². The van der Waals surface area contributed by atoms with Crippen LogP contribution in [0.25, 0.3) is 0 Å². The van der Waals surface area contributed by atoms with Gasteiger partial charge in [0, 0.05) is 37.9 Å². The van der Waals surface area contributed by atoms with E-state index in [1.54, 1.807) is 6.20 Å². The number of rotatable bonds is 5. The van der Waals surface area contributed by atoms with E-state index in [0.717, 1.165) is 37.3 Å². The minimum atomic E-state index is -0.382. The standard InChI is InChI=1S/C16H24N4O3/c17-10-13-3-4-14(23-13)16(21)19-11-12-2-1-5-18-15(12)20-6-8-22-9-7-20/h1-2,5,13-14H,3-4,6-11,17H2,(H,19,21)/t13-,14+/m1/s1. The number of amides is 1. The lowest BCUT2D eigenvalue weighted by Gasteiger charge is -2.29. The highest BCUT2D eigenvalue weighted by molar-refractivity contribution is 5.81. The fraction of sp³-hybridized carbons (Fsp3) is 0.625. The molecule has 1 amide bonds. The van der Waals surface area contributed by atoms with Crippen LogP contribution in [0, 0.1) is 0 Å². The molecule has 2 aliphatic rings. The summed E-state index contributed by atoms with van der Waals surface area (Å²) in [7, 11) is 0. The second-order valence-electron chi connectivity index (χ2n) is 5.86. The summed E-state index contributed by atoms with van der Waals surface area (Å²) >= 11 is 0. The normalized spacial score (nSPS) is 24.7. The van der Waals surface area contributed by atoms with Gasteiger partial charge in [-0.05, 0) is 18.9 Å². The number of morpholine rings is 1. The summed E-state index contributed by atoms with van der Waals surface area (Å²) in [5.74, 6) is 0.848. The molecule has 3 N–H and O–H groups in total. The van der Waals surface area contributed by atoms with E-state index in [2.05, 4.69) is 15.2 Å². The molecule has 0 aromatic carbocycles. The first-order valence-electron chi connectivity index (χ1n) is 8.17. The fourth-order valence-corrected chi connectivity index (χ4v) is 3.00. The van der Waals surface area contributed by atoms with E-state index in [0.29, 0.717) is 26.3 Å². The van der Waals surface area contributed by atoms with Gasteiger partial charge in [0.05, 0.1) is 19.3 Å². The Bertz CT molecular complexity index is 534. The van der Waals surface area contributed by atoms with Crippen LogP contribution in [0.1, 0.15) is 18.4 Å². The minimum Gasteiger partial charge on any atom is -0.378 e. The molecule has 7 nitrogen and oxygen atoms in total. The molecule has 2 atom stereocenters. The van der Waals surface area contributed by atoms with Crippen molar-refractivity contribution in [1.82, 2.24) is 10.3 Å². The van der Waals surface area contributed by atoms with Crippen molar-refractivity contribution in [2.75, 3.05) is 37.7 Å². The van der Waals surface area contributed by atoms with Crippen molar-refractivity contribution in [1.29, 1.82) is 0 Å². The average Bonchev–Trinajstić information content (AvgIpc) is 3.10. The zero-order valence-electron chi connectivity index (χ0n) is 13.2. The average molecular weight is 320 g/mol. The van der Waals surface area contributed by atoms with Crippen LogP contribution in [-0.4, -0.2) is 55.9 Å². The minimum absolute atomic E-state index is 0.00746. The van der Waals surface area contributed by atoms with Gasteiger partial charge in [0.25, 0.3) is 0 Å². The molecule has 2 saturated heterocycles. The highest BCUT2D eigenvalue weighted by atomic mass is 16.5. The Hall–Kier alpha value is -1.70. The fourth-order valence-electron chi connectivity index (χ4n) is 3.00. The molecule has 0 bridgehead atoms. The predicted molar refractivity (Wildman–Crippen MR) is 86.1 cm³/mol. The van der Waals surface area contributed by atoms with Crippen molar-refractivity contribution >= 4 is 11.7 Å².